The molecule has 1 aliphatic heterocycles. The first-order valence-corrected chi connectivity index (χ1v) is 3.88. The lowest BCUT2D eigenvalue weighted by atomic mass is 9.96. The monoisotopic (exact) mass is 178 g/mol. The highest BCUT2D eigenvalue weighted by atomic mass is 16.5. The molecule has 1 aliphatic rings. The lowest BCUT2D eigenvalue weighted by Gasteiger charge is -2.38. The summed E-state index contributed by atoms with van der Waals surface area (Å²) >= 11 is 0. The van der Waals surface area contributed by atoms with Gasteiger partial charge in [0.05, 0.1) is 12.7 Å². The van der Waals surface area contributed by atoms with Gasteiger partial charge in [0.2, 0.25) is 0 Å². The van der Waals surface area contributed by atoms with E-state index in [-0.39, 0.29) is 6.61 Å². The molecule has 4 N–H and O–H groups in total. The molecule has 0 bridgehead atoms. The van der Waals surface area contributed by atoms with E-state index in [9.17, 15) is 15.3 Å². The van der Waals surface area contributed by atoms with E-state index < -0.39 is 30.5 Å². The fourth-order valence-electron chi connectivity index (χ4n) is 1.29. The van der Waals surface area contributed by atoms with E-state index in [0.717, 1.165) is 0 Å². The van der Waals surface area contributed by atoms with Crippen LogP contribution in [0.1, 0.15) is 6.92 Å². The van der Waals surface area contributed by atoms with Crippen molar-refractivity contribution in [2.75, 3.05) is 6.61 Å². The summed E-state index contributed by atoms with van der Waals surface area (Å²) in [4.78, 5) is 0. The summed E-state index contributed by atoms with van der Waals surface area (Å²) in [5.74, 6) is 0. The lowest BCUT2D eigenvalue weighted by molar-refractivity contribution is -0.224. The smallest absolute Gasteiger partial charge is 0.111 e. The summed E-state index contributed by atoms with van der Waals surface area (Å²) in [5, 5.41) is 36.4. The molecule has 1 rings (SSSR count). The molecular weight excluding hydrogens is 164 g/mol. The topological polar surface area (TPSA) is 90.2 Å². The van der Waals surface area contributed by atoms with Crippen molar-refractivity contribution in [3.05, 3.63) is 0 Å². The van der Waals surface area contributed by atoms with Gasteiger partial charge in [0.25, 0.3) is 0 Å². The molecule has 1 fully saturated rings. The first kappa shape index (κ1) is 9.88. The van der Waals surface area contributed by atoms with Crippen molar-refractivity contribution in [3.63, 3.8) is 0 Å². The Hall–Kier alpha value is -0.200. The maximum absolute atomic E-state index is 9.23. The fraction of sp³-hybridized carbons (Fsp3) is 1.00. The van der Waals surface area contributed by atoms with Gasteiger partial charge < -0.3 is 25.2 Å². The zero-order chi connectivity index (χ0) is 9.30. The van der Waals surface area contributed by atoms with Crippen LogP contribution in [-0.4, -0.2) is 57.6 Å². The Kier molecular flexibility index (Phi) is 3.03. The molecule has 1 saturated heterocycles. The van der Waals surface area contributed by atoms with Gasteiger partial charge in [0.15, 0.2) is 0 Å². The second kappa shape index (κ2) is 3.68. The normalized spacial score (nSPS) is 49.2. The highest BCUT2D eigenvalue weighted by Gasteiger charge is 2.41. The number of aliphatic hydroxyl groups is 4. The van der Waals surface area contributed by atoms with E-state index in [4.69, 9.17) is 9.84 Å². The highest BCUT2D eigenvalue weighted by Crippen LogP contribution is 2.20. The van der Waals surface area contributed by atoms with Gasteiger partial charge in [-0.2, -0.15) is 0 Å². The lowest BCUT2D eigenvalue weighted by Crippen LogP contribution is -2.57. The molecule has 0 spiro atoms. The molecule has 0 aromatic rings. The molecule has 0 radical (unpaired) electrons. The van der Waals surface area contributed by atoms with Crippen molar-refractivity contribution in [3.8, 4) is 0 Å². The van der Waals surface area contributed by atoms with Crippen molar-refractivity contribution >= 4 is 0 Å². The van der Waals surface area contributed by atoms with E-state index in [1.807, 2.05) is 0 Å². The molecule has 1 heterocycles. The van der Waals surface area contributed by atoms with Crippen LogP contribution < -0.4 is 0 Å². The number of rotatable bonds is 1. The van der Waals surface area contributed by atoms with Crippen molar-refractivity contribution in [2.45, 2.75) is 37.4 Å². The minimum absolute atomic E-state index is 0.366. The standard InChI is InChI=1S/C7H14O5/c1-3-5(9)7(11)6(10)4(2-8)12-3/h3-11H,2H2,1H3/t3?,4?,5-,6+,7?/m1/s1. The fourth-order valence-corrected chi connectivity index (χ4v) is 1.29. The summed E-state index contributed by atoms with van der Waals surface area (Å²) in [6.45, 7) is 1.21. The number of ether oxygens (including phenoxy) is 1. The zero-order valence-corrected chi connectivity index (χ0v) is 6.79. The third-order valence-corrected chi connectivity index (χ3v) is 2.13. The Morgan fingerprint density at radius 1 is 1.08 bits per heavy atom. The van der Waals surface area contributed by atoms with Crippen LogP contribution in [0.4, 0.5) is 0 Å². The predicted molar refractivity (Wildman–Crippen MR) is 39.4 cm³/mol. The second-order valence-electron chi connectivity index (χ2n) is 3.03. The van der Waals surface area contributed by atoms with Gasteiger partial charge in [-0.05, 0) is 6.92 Å². The summed E-state index contributed by atoms with van der Waals surface area (Å²) in [5.41, 5.74) is 0. The summed E-state index contributed by atoms with van der Waals surface area (Å²) in [6.07, 6.45) is -4.94. The highest BCUT2D eigenvalue weighted by molar-refractivity contribution is 4.89. The minimum Gasteiger partial charge on any atom is -0.394 e. The number of hydrogen-bond acceptors (Lipinski definition) is 5. The van der Waals surface area contributed by atoms with E-state index >= 15 is 0 Å². The van der Waals surface area contributed by atoms with Crippen LogP contribution >= 0.6 is 0 Å². The maximum atomic E-state index is 9.23. The van der Waals surface area contributed by atoms with Crippen LogP contribution in [0, 0.1) is 0 Å². The van der Waals surface area contributed by atoms with Gasteiger partial charge in [0.1, 0.15) is 24.4 Å². The largest absolute Gasteiger partial charge is 0.394 e. The van der Waals surface area contributed by atoms with Crippen LogP contribution in [0.15, 0.2) is 0 Å². The van der Waals surface area contributed by atoms with E-state index in [1.54, 1.807) is 6.92 Å². The average molecular weight is 178 g/mol. The molecule has 5 heteroatoms. The minimum atomic E-state index is -1.24. The molecule has 12 heavy (non-hydrogen) atoms. The van der Waals surface area contributed by atoms with Crippen molar-refractivity contribution < 1.29 is 25.2 Å². The number of hydrogen-bond donors (Lipinski definition) is 4. The van der Waals surface area contributed by atoms with E-state index in [1.165, 1.54) is 0 Å². The Morgan fingerprint density at radius 2 is 1.67 bits per heavy atom. The molecule has 5 atom stereocenters. The zero-order valence-electron chi connectivity index (χ0n) is 6.79. The van der Waals surface area contributed by atoms with Gasteiger partial charge in [-0.1, -0.05) is 0 Å². The Labute approximate surface area is 70.2 Å². The van der Waals surface area contributed by atoms with E-state index in [2.05, 4.69) is 0 Å². The van der Waals surface area contributed by atoms with Crippen LogP contribution in [0.2, 0.25) is 0 Å². The molecule has 0 aromatic carbocycles. The quantitative estimate of drug-likeness (QED) is 0.367. The molecule has 0 amide bonds. The average Bonchev–Trinajstić information content (AvgIpc) is 2.08. The number of aliphatic hydroxyl groups excluding tert-OH is 4. The maximum Gasteiger partial charge on any atom is 0.111 e. The molecule has 0 aromatic heterocycles. The third kappa shape index (κ3) is 1.60. The van der Waals surface area contributed by atoms with Crippen LogP contribution in [0.25, 0.3) is 0 Å². The van der Waals surface area contributed by atoms with Crippen molar-refractivity contribution in [1.29, 1.82) is 0 Å². The van der Waals surface area contributed by atoms with Crippen molar-refractivity contribution in [2.24, 2.45) is 0 Å². The Balaban J connectivity index is 2.63. The predicted octanol–water partition coefficient (Wildman–Crippen LogP) is -2.15. The van der Waals surface area contributed by atoms with Crippen LogP contribution in [0.3, 0.4) is 0 Å². The van der Waals surface area contributed by atoms with Crippen LogP contribution in [-0.2, 0) is 4.74 Å². The molecular formula is C7H14O5. The van der Waals surface area contributed by atoms with Gasteiger partial charge in [-0.3, -0.25) is 0 Å². The van der Waals surface area contributed by atoms with E-state index in [0.29, 0.717) is 0 Å². The summed E-state index contributed by atoms with van der Waals surface area (Å²) in [7, 11) is 0. The molecule has 0 aliphatic carbocycles. The summed E-state index contributed by atoms with van der Waals surface area (Å²) < 4.78 is 5.02. The Bertz CT molecular complexity index is 146. The van der Waals surface area contributed by atoms with Crippen molar-refractivity contribution in [1.82, 2.24) is 0 Å². The molecule has 0 saturated carbocycles. The van der Waals surface area contributed by atoms with Crippen LogP contribution in [0.5, 0.6) is 0 Å². The molecule has 5 nitrogen and oxygen atoms in total. The SMILES string of the molecule is CC1OC(CO)[C@H](O)C(O)[C@@H]1O. The van der Waals surface area contributed by atoms with Gasteiger partial charge in [-0.25, -0.2) is 0 Å². The second-order valence-corrected chi connectivity index (χ2v) is 3.03. The first-order valence-electron chi connectivity index (χ1n) is 3.88. The molecule has 3 unspecified atom stereocenters. The van der Waals surface area contributed by atoms with Gasteiger partial charge in [0, 0.05) is 0 Å². The first-order chi connectivity index (χ1) is 5.57. The molecule has 72 valence electrons. The van der Waals surface area contributed by atoms with Gasteiger partial charge in [-0.15, -0.1) is 0 Å². The third-order valence-electron chi connectivity index (χ3n) is 2.13. The Morgan fingerprint density at radius 3 is 2.17 bits per heavy atom. The van der Waals surface area contributed by atoms with Gasteiger partial charge >= 0.3 is 0 Å². The summed E-state index contributed by atoms with van der Waals surface area (Å²) in [6, 6.07) is 0.